The lowest BCUT2D eigenvalue weighted by Crippen LogP contribution is -2.26. The number of fused-ring (bicyclic) bond motifs is 9. The van der Waals surface area contributed by atoms with Crippen LogP contribution >= 0.6 is 11.8 Å². The number of rotatable bonds is 4. The third-order valence-electron chi connectivity index (χ3n) is 9.77. The highest BCUT2D eigenvalue weighted by Gasteiger charge is 2.51. The molecule has 0 radical (unpaired) electrons. The molecule has 1 heterocycles. The Morgan fingerprint density at radius 3 is 1.85 bits per heavy atom. The third kappa shape index (κ3) is 3.90. The average Bonchev–Trinajstić information content (AvgIpc) is 3.55. The molecule has 0 bridgehead atoms. The number of anilines is 2. The minimum Gasteiger partial charge on any atom is -0.315 e. The highest BCUT2D eigenvalue weighted by molar-refractivity contribution is 7.99. The minimum absolute atomic E-state index is 0.386. The zero-order valence-corrected chi connectivity index (χ0v) is 26.3. The fourth-order valence-electron chi connectivity index (χ4n) is 7.81. The summed E-state index contributed by atoms with van der Waals surface area (Å²) in [6.07, 6.45) is 9.01. The summed E-state index contributed by atoms with van der Waals surface area (Å²) >= 11 is 1.84. The largest absolute Gasteiger partial charge is 0.315 e. The summed E-state index contributed by atoms with van der Waals surface area (Å²) in [7, 11) is 0. The van der Waals surface area contributed by atoms with E-state index in [2.05, 4.69) is 182 Å². The maximum atomic E-state index is 2.45. The quantitative estimate of drug-likeness (QED) is 0.184. The van der Waals surface area contributed by atoms with Crippen LogP contribution in [0.5, 0.6) is 0 Å². The molecule has 6 aromatic carbocycles. The first-order chi connectivity index (χ1) is 22.7. The van der Waals surface area contributed by atoms with E-state index in [0.717, 1.165) is 0 Å². The third-order valence-corrected chi connectivity index (χ3v) is 10.9. The van der Waals surface area contributed by atoms with Crippen molar-refractivity contribution in [2.45, 2.75) is 22.1 Å². The van der Waals surface area contributed by atoms with Crippen molar-refractivity contribution in [2.75, 3.05) is 4.90 Å². The maximum absolute atomic E-state index is 2.45. The lowest BCUT2D eigenvalue weighted by atomic mass is 9.69. The van der Waals surface area contributed by atoms with E-state index in [9.17, 15) is 0 Å². The lowest BCUT2D eigenvalue weighted by Gasteiger charge is -2.32. The molecular formula is C44H31NS. The van der Waals surface area contributed by atoms with Crippen molar-refractivity contribution in [2.24, 2.45) is 0 Å². The SMILES string of the molecule is CC1=C(/C=C\C=C\N2c3ccccc3Sc3ccccc32)C2(c3ccccc31)c1ccccc1-c1ccc(-c3ccccc3)cc12. The molecule has 1 atom stereocenters. The summed E-state index contributed by atoms with van der Waals surface area (Å²) in [5.41, 5.74) is 15.2. The van der Waals surface area contributed by atoms with Gasteiger partial charge >= 0.3 is 0 Å². The zero-order chi connectivity index (χ0) is 30.7. The second kappa shape index (κ2) is 10.7. The number of para-hydroxylation sites is 2. The van der Waals surface area contributed by atoms with Crippen LogP contribution in [-0.4, -0.2) is 0 Å². The highest BCUT2D eigenvalue weighted by Crippen LogP contribution is 2.62. The smallest absolute Gasteiger partial charge is 0.0722 e. The van der Waals surface area contributed by atoms with E-state index < -0.39 is 0 Å². The molecule has 46 heavy (non-hydrogen) atoms. The van der Waals surface area contributed by atoms with E-state index in [0.29, 0.717) is 0 Å². The Morgan fingerprint density at radius 1 is 0.522 bits per heavy atom. The Hall–Kier alpha value is -5.31. The van der Waals surface area contributed by atoms with Crippen LogP contribution in [-0.2, 0) is 5.41 Å². The molecule has 0 saturated carbocycles. The minimum atomic E-state index is -0.386. The van der Waals surface area contributed by atoms with Crippen molar-refractivity contribution in [1.29, 1.82) is 0 Å². The van der Waals surface area contributed by atoms with E-state index in [4.69, 9.17) is 0 Å². The van der Waals surface area contributed by atoms with Gasteiger partial charge in [0.15, 0.2) is 0 Å². The summed E-state index contributed by atoms with van der Waals surface area (Å²) in [4.78, 5) is 4.86. The molecule has 2 aliphatic carbocycles. The van der Waals surface area contributed by atoms with Crippen molar-refractivity contribution in [1.82, 2.24) is 0 Å². The van der Waals surface area contributed by atoms with Gasteiger partial charge in [0.1, 0.15) is 0 Å². The van der Waals surface area contributed by atoms with E-state index in [-0.39, 0.29) is 5.41 Å². The van der Waals surface area contributed by atoms with E-state index in [1.54, 1.807) is 0 Å². The predicted molar refractivity (Wildman–Crippen MR) is 194 cm³/mol. The van der Waals surface area contributed by atoms with Crippen molar-refractivity contribution >= 4 is 28.7 Å². The van der Waals surface area contributed by atoms with Crippen molar-refractivity contribution in [3.63, 3.8) is 0 Å². The van der Waals surface area contributed by atoms with Gasteiger partial charge in [0.25, 0.3) is 0 Å². The number of hydrogen-bond donors (Lipinski definition) is 0. The molecule has 9 rings (SSSR count). The fourth-order valence-corrected chi connectivity index (χ4v) is 8.88. The van der Waals surface area contributed by atoms with Gasteiger partial charge in [-0.1, -0.05) is 139 Å². The number of benzene rings is 6. The van der Waals surface area contributed by atoms with Crippen LogP contribution in [0.3, 0.4) is 0 Å². The number of hydrogen-bond acceptors (Lipinski definition) is 2. The molecule has 0 amide bonds. The second-order valence-corrected chi connectivity index (χ2v) is 13.2. The first kappa shape index (κ1) is 27.0. The standard InChI is InChI=1S/C44H31NS/c1-30-33-17-5-7-20-37(33)44(38-21-8-6-18-34(38)35-27-26-32(29-39(35)44)31-15-3-2-4-16-31)36(30)19-13-14-28-45-40-22-9-11-24-42(40)46-43-25-12-10-23-41(43)45/h2-29H,1H3/b19-13-,28-14+. The van der Waals surface area contributed by atoms with Gasteiger partial charge in [-0.05, 0) is 99.0 Å². The van der Waals surface area contributed by atoms with Gasteiger partial charge in [-0.3, -0.25) is 0 Å². The van der Waals surface area contributed by atoms with E-state index >= 15 is 0 Å². The van der Waals surface area contributed by atoms with E-state index in [1.165, 1.54) is 76.8 Å². The Balaban J connectivity index is 1.20. The maximum Gasteiger partial charge on any atom is 0.0722 e. The fraction of sp³-hybridized carbons (Fsp3) is 0.0455. The molecule has 3 aliphatic rings. The molecule has 0 fully saturated rings. The summed E-state index contributed by atoms with van der Waals surface area (Å²) in [5, 5.41) is 0. The van der Waals surface area contributed by atoms with Crippen LogP contribution < -0.4 is 4.90 Å². The van der Waals surface area contributed by atoms with Gasteiger partial charge in [0.05, 0.1) is 16.8 Å². The van der Waals surface area contributed by atoms with Gasteiger partial charge < -0.3 is 4.90 Å². The molecule has 0 N–H and O–H groups in total. The Kier molecular flexibility index (Phi) is 6.26. The van der Waals surface area contributed by atoms with Gasteiger partial charge in [-0.25, -0.2) is 0 Å². The first-order valence-corrected chi connectivity index (χ1v) is 16.7. The number of nitrogens with zero attached hydrogens (tertiary/aromatic N) is 1. The molecule has 1 aliphatic heterocycles. The monoisotopic (exact) mass is 605 g/mol. The van der Waals surface area contributed by atoms with Gasteiger partial charge in [-0.2, -0.15) is 0 Å². The molecule has 6 aromatic rings. The molecule has 0 aromatic heterocycles. The summed E-state index contributed by atoms with van der Waals surface area (Å²) in [5.74, 6) is 0. The van der Waals surface area contributed by atoms with E-state index in [1.807, 2.05) is 11.8 Å². The molecule has 1 unspecified atom stereocenters. The first-order valence-electron chi connectivity index (χ1n) is 15.9. The molecule has 2 heteroatoms. The normalized spacial score (nSPS) is 17.4. The number of allylic oxidation sites excluding steroid dienone is 5. The van der Waals surface area contributed by atoms with Crippen LogP contribution in [0, 0.1) is 0 Å². The van der Waals surface area contributed by atoms with Crippen LogP contribution in [0.15, 0.2) is 185 Å². The van der Waals surface area contributed by atoms with Gasteiger partial charge in [-0.15, -0.1) is 0 Å². The van der Waals surface area contributed by atoms with Crippen molar-refractivity contribution in [3.8, 4) is 22.3 Å². The van der Waals surface area contributed by atoms with Gasteiger partial charge in [0, 0.05) is 16.0 Å². The second-order valence-electron chi connectivity index (χ2n) is 12.1. The molecular weight excluding hydrogens is 575 g/mol. The Bertz CT molecular complexity index is 2210. The highest BCUT2D eigenvalue weighted by atomic mass is 32.2. The Morgan fingerprint density at radius 2 is 1.11 bits per heavy atom. The van der Waals surface area contributed by atoms with Crippen molar-refractivity contribution < 1.29 is 0 Å². The van der Waals surface area contributed by atoms with Crippen LogP contribution in [0.4, 0.5) is 11.4 Å². The van der Waals surface area contributed by atoms with Crippen LogP contribution in [0.25, 0.3) is 27.8 Å². The summed E-state index contributed by atoms with van der Waals surface area (Å²) in [6.45, 7) is 2.30. The average molecular weight is 606 g/mol. The Labute approximate surface area is 274 Å². The molecule has 1 spiro atoms. The van der Waals surface area contributed by atoms with Crippen molar-refractivity contribution in [3.05, 3.63) is 198 Å². The van der Waals surface area contributed by atoms with Gasteiger partial charge in [0.2, 0.25) is 0 Å². The molecule has 1 nitrogen and oxygen atoms in total. The van der Waals surface area contributed by atoms with Crippen LogP contribution in [0.1, 0.15) is 29.2 Å². The summed E-state index contributed by atoms with van der Waals surface area (Å²) < 4.78 is 0. The lowest BCUT2D eigenvalue weighted by molar-refractivity contribution is 0.786. The topological polar surface area (TPSA) is 3.24 Å². The molecule has 218 valence electrons. The molecule has 0 saturated heterocycles. The zero-order valence-electron chi connectivity index (χ0n) is 25.5. The predicted octanol–water partition coefficient (Wildman–Crippen LogP) is 11.8. The summed E-state index contributed by atoms with van der Waals surface area (Å²) in [6, 6.07) is 53.2. The van der Waals surface area contributed by atoms with Crippen LogP contribution in [0.2, 0.25) is 0 Å².